The van der Waals surface area contributed by atoms with E-state index >= 15 is 0 Å². The number of likely N-dealkylation sites (tertiary alicyclic amines) is 1. The van der Waals surface area contributed by atoms with Crippen molar-refractivity contribution >= 4 is 34.4 Å². The van der Waals surface area contributed by atoms with Crippen molar-refractivity contribution in [3.8, 4) is 0 Å². The van der Waals surface area contributed by atoms with E-state index in [-0.39, 0.29) is 30.0 Å². The van der Waals surface area contributed by atoms with E-state index in [2.05, 4.69) is 20.8 Å². The minimum absolute atomic E-state index is 0.0553. The van der Waals surface area contributed by atoms with E-state index in [0.29, 0.717) is 36.1 Å². The number of carbonyl (C=O) groups is 3. The van der Waals surface area contributed by atoms with Gasteiger partial charge in [-0.1, -0.05) is 0 Å². The molecule has 1 aliphatic rings. The molecule has 1 aliphatic heterocycles. The summed E-state index contributed by atoms with van der Waals surface area (Å²) in [5.41, 5.74) is 1.54. The SMILES string of the molecule is CNC(=O)c1n[nH]c2ccc(NC(=O)[C@@H]3CCN(CC(=O)O)C3)cc12. The van der Waals surface area contributed by atoms with E-state index in [1.807, 2.05) is 0 Å². The van der Waals surface area contributed by atoms with E-state index in [0.717, 1.165) is 0 Å². The maximum Gasteiger partial charge on any atom is 0.317 e. The quantitative estimate of drug-likeness (QED) is 0.616. The van der Waals surface area contributed by atoms with Gasteiger partial charge in [0.25, 0.3) is 5.91 Å². The average Bonchev–Trinajstić information content (AvgIpc) is 3.20. The van der Waals surface area contributed by atoms with Gasteiger partial charge in [0.2, 0.25) is 5.91 Å². The Morgan fingerprint density at radius 1 is 1.40 bits per heavy atom. The maximum atomic E-state index is 12.4. The number of aliphatic carboxylic acids is 1. The van der Waals surface area contributed by atoms with Crippen LogP contribution in [0.5, 0.6) is 0 Å². The van der Waals surface area contributed by atoms with E-state index in [4.69, 9.17) is 5.11 Å². The van der Waals surface area contributed by atoms with Crippen LogP contribution in [-0.4, -0.2) is 64.7 Å². The fourth-order valence-corrected chi connectivity index (χ4v) is 3.01. The number of H-pyrrole nitrogens is 1. The number of anilines is 1. The lowest BCUT2D eigenvalue weighted by Gasteiger charge is -2.13. The first-order chi connectivity index (χ1) is 12.0. The summed E-state index contributed by atoms with van der Waals surface area (Å²) in [6.45, 7) is 0.960. The van der Waals surface area contributed by atoms with Crippen molar-refractivity contribution in [3.05, 3.63) is 23.9 Å². The summed E-state index contributed by atoms with van der Waals surface area (Å²) in [6.07, 6.45) is 0.622. The van der Waals surface area contributed by atoms with Crippen molar-refractivity contribution < 1.29 is 19.5 Å². The lowest BCUT2D eigenvalue weighted by Crippen LogP contribution is -2.30. The number of nitrogens with zero attached hydrogens (tertiary/aromatic N) is 2. The summed E-state index contributed by atoms with van der Waals surface area (Å²) in [6, 6.07) is 5.18. The van der Waals surface area contributed by atoms with Crippen molar-refractivity contribution in [2.24, 2.45) is 5.92 Å². The van der Waals surface area contributed by atoms with Gasteiger partial charge >= 0.3 is 5.97 Å². The normalized spacial score (nSPS) is 17.6. The predicted molar refractivity (Wildman–Crippen MR) is 90.3 cm³/mol. The molecule has 4 N–H and O–H groups in total. The number of hydrogen-bond acceptors (Lipinski definition) is 5. The number of aromatic amines is 1. The monoisotopic (exact) mass is 345 g/mol. The molecule has 2 heterocycles. The van der Waals surface area contributed by atoms with Gasteiger partial charge in [-0.3, -0.25) is 24.4 Å². The Morgan fingerprint density at radius 2 is 2.20 bits per heavy atom. The molecule has 9 heteroatoms. The Hall–Kier alpha value is -2.94. The Balaban J connectivity index is 1.71. The molecule has 0 aliphatic carbocycles. The number of hydrogen-bond donors (Lipinski definition) is 4. The number of amides is 2. The Kier molecular flexibility index (Phi) is 4.66. The molecule has 1 aromatic heterocycles. The molecule has 0 spiro atoms. The second kappa shape index (κ2) is 6.89. The third-order valence-electron chi connectivity index (χ3n) is 4.27. The molecular weight excluding hydrogens is 326 g/mol. The minimum atomic E-state index is -0.895. The highest BCUT2D eigenvalue weighted by molar-refractivity contribution is 6.06. The number of nitrogens with one attached hydrogen (secondary N) is 3. The Bertz CT molecular complexity index is 831. The van der Waals surface area contributed by atoms with Crippen molar-refractivity contribution in [1.82, 2.24) is 20.4 Å². The van der Waals surface area contributed by atoms with Crippen molar-refractivity contribution in [2.45, 2.75) is 6.42 Å². The van der Waals surface area contributed by atoms with Gasteiger partial charge in [-0.15, -0.1) is 0 Å². The highest BCUT2D eigenvalue weighted by Crippen LogP contribution is 2.23. The number of carboxylic acids is 1. The third kappa shape index (κ3) is 3.61. The number of carbonyl (C=O) groups excluding carboxylic acids is 2. The molecule has 2 amide bonds. The summed E-state index contributed by atoms with van der Waals surface area (Å²) < 4.78 is 0. The molecule has 1 aromatic carbocycles. The molecular formula is C16H19N5O4. The van der Waals surface area contributed by atoms with Crippen LogP contribution in [0.15, 0.2) is 18.2 Å². The predicted octanol–water partition coefficient (Wildman–Crippen LogP) is 0.268. The van der Waals surface area contributed by atoms with Crippen LogP contribution >= 0.6 is 0 Å². The summed E-state index contributed by atoms with van der Waals surface area (Å²) in [4.78, 5) is 36.7. The van der Waals surface area contributed by atoms with Gasteiger partial charge in [-0.25, -0.2) is 0 Å². The molecule has 1 saturated heterocycles. The van der Waals surface area contributed by atoms with Crippen LogP contribution in [0.2, 0.25) is 0 Å². The summed E-state index contributed by atoms with van der Waals surface area (Å²) >= 11 is 0. The molecule has 0 radical (unpaired) electrons. The molecule has 3 rings (SSSR count). The number of benzene rings is 1. The van der Waals surface area contributed by atoms with Crippen molar-refractivity contribution in [3.63, 3.8) is 0 Å². The summed E-state index contributed by atoms with van der Waals surface area (Å²) in [5, 5.41) is 21.6. The second-order valence-corrected chi connectivity index (χ2v) is 6.02. The first kappa shape index (κ1) is 16.9. The van der Waals surface area contributed by atoms with Gasteiger partial charge < -0.3 is 15.7 Å². The van der Waals surface area contributed by atoms with Crippen molar-refractivity contribution in [2.75, 3.05) is 32.0 Å². The number of aromatic nitrogens is 2. The van der Waals surface area contributed by atoms with Crippen LogP contribution < -0.4 is 10.6 Å². The molecule has 1 atom stereocenters. The van der Waals surface area contributed by atoms with Crippen LogP contribution in [0.4, 0.5) is 5.69 Å². The third-order valence-corrected chi connectivity index (χ3v) is 4.27. The zero-order valence-electron chi connectivity index (χ0n) is 13.7. The molecule has 2 aromatic rings. The van der Waals surface area contributed by atoms with Gasteiger partial charge in [-0.05, 0) is 31.2 Å². The van der Waals surface area contributed by atoms with Gasteiger partial charge in [0.05, 0.1) is 18.0 Å². The number of rotatable bonds is 5. The van der Waals surface area contributed by atoms with Gasteiger partial charge in [-0.2, -0.15) is 5.10 Å². The van der Waals surface area contributed by atoms with Crippen LogP contribution in [-0.2, 0) is 9.59 Å². The van der Waals surface area contributed by atoms with Gasteiger partial charge in [0, 0.05) is 24.7 Å². The first-order valence-electron chi connectivity index (χ1n) is 7.93. The largest absolute Gasteiger partial charge is 0.480 e. The van der Waals surface area contributed by atoms with Crippen LogP contribution in [0.1, 0.15) is 16.9 Å². The molecule has 25 heavy (non-hydrogen) atoms. The molecule has 9 nitrogen and oxygen atoms in total. The lowest BCUT2D eigenvalue weighted by atomic mass is 10.1. The van der Waals surface area contributed by atoms with Crippen LogP contribution in [0.25, 0.3) is 10.9 Å². The summed E-state index contributed by atoms with van der Waals surface area (Å²) in [7, 11) is 1.53. The van der Waals surface area contributed by atoms with E-state index in [9.17, 15) is 14.4 Å². The van der Waals surface area contributed by atoms with E-state index in [1.54, 1.807) is 23.1 Å². The zero-order valence-corrected chi connectivity index (χ0v) is 13.7. The highest BCUT2D eigenvalue weighted by atomic mass is 16.4. The second-order valence-electron chi connectivity index (χ2n) is 6.02. The van der Waals surface area contributed by atoms with Crippen molar-refractivity contribution in [1.29, 1.82) is 0 Å². The standard InChI is InChI=1S/C16H19N5O4/c1-17-16(25)14-11-6-10(2-3-12(11)19-20-14)18-15(24)9-4-5-21(7-9)8-13(22)23/h2-3,6,9H,4-5,7-8H2,1H3,(H,17,25)(H,18,24)(H,19,20)(H,22,23)/t9-/m1/s1. The van der Waals surface area contributed by atoms with Crippen LogP contribution in [0.3, 0.4) is 0 Å². The fraction of sp³-hybridized carbons (Fsp3) is 0.375. The smallest absolute Gasteiger partial charge is 0.317 e. The maximum absolute atomic E-state index is 12.4. The fourth-order valence-electron chi connectivity index (χ4n) is 3.01. The molecule has 0 unspecified atom stereocenters. The van der Waals surface area contributed by atoms with Gasteiger partial charge in [0.15, 0.2) is 5.69 Å². The van der Waals surface area contributed by atoms with E-state index in [1.165, 1.54) is 7.05 Å². The molecule has 0 saturated carbocycles. The number of carboxylic acid groups (broad SMARTS) is 1. The highest BCUT2D eigenvalue weighted by Gasteiger charge is 2.29. The minimum Gasteiger partial charge on any atom is -0.480 e. The zero-order chi connectivity index (χ0) is 18.0. The number of fused-ring (bicyclic) bond motifs is 1. The van der Waals surface area contributed by atoms with Gasteiger partial charge in [0.1, 0.15) is 0 Å². The molecule has 0 bridgehead atoms. The summed E-state index contributed by atoms with van der Waals surface area (Å²) in [5.74, 6) is -1.61. The Labute approximate surface area is 143 Å². The topological polar surface area (TPSA) is 127 Å². The average molecular weight is 345 g/mol. The lowest BCUT2D eigenvalue weighted by molar-refractivity contribution is -0.138. The van der Waals surface area contributed by atoms with Crippen LogP contribution in [0, 0.1) is 5.92 Å². The molecule has 132 valence electrons. The molecule has 1 fully saturated rings. The first-order valence-corrected chi connectivity index (χ1v) is 7.93. The Morgan fingerprint density at radius 3 is 2.92 bits per heavy atom. The van der Waals surface area contributed by atoms with E-state index < -0.39 is 5.97 Å².